The van der Waals surface area contributed by atoms with Crippen LogP contribution < -0.4 is 5.32 Å². The van der Waals surface area contributed by atoms with E-state index in [1.54, 1.807) is 0 Å². The first-order valence-electron chi connectivity index (χ1n) is 8.62. The van der Waals surface area contributed by atoms with Gasteiger partial charge in [0.1, 0.15) is 11.6 Å². The lowest BCUT2D eigenvalue weighted by Crippen LogP contribution is -2.71. The Hall–Kier alpha value is -1.06. The van der Waals surface area contributed by atoms with Gasteiger partial charge in [-0.2, -0.15) is 0 Å². The summed E-state index contributed by atoms with van der Waals surface area (Å²) in [6.45, 7) is 8.89. The van der Waals surface area contributed by atoms with Crippen LogP contribution >= 0.6 is 0 Å². The molecular formula is C17H30N2O2. The lowest BCUT2D eigenvalue weighted by Gasteiger charge is -2.47. The monoisotopic (exact) mass is 294 g/mol. The van der Waals surface area contributed by atoms with Crippen LogP contribution in [-0.4, -0.2) is 34.8 Å². The normalized spacial score (nSPS) is 26.7. The van der Waals surface area contributed by atoms with Gasteiger partial charge in [0.25, 0.3) is 0 Å². The van der Waals surface area contributed by atoms with Gasteiger partial charge >= 0.3 is 0 Å². The van der Waals surface area contributed by atoms with Crippen LogP contribution in [0.4, 0.5) is 0 Å². The van der Waals surface area contributed by atoms with E-state index in [1.807, 2.05) is 18.7 Å². The molecule has 2 aliphatic rings. The Balaban J connectivity index is 2.23. The van der Waals surface area contributed by atoms with Crippen molar-refractivity contribution in [1.29, 1.82) is 0 Å². The zero-order valence-corrected chi connectivity index (χ0v) is 13.9. The number of hydrogen-bond acceptors (Lipinski definition) is 2. The van der Waals surface area contributed by atoms with Gasteiger partial charge in [0.2, 0.25) is 11.8 Å². The van der Waals surface area contributed by atoms with Crippen molar-refractivity contribution in [2.75, 3.05) is 6.54 Å². The highest BCUT2D eigenvalue weighted by atomic mass is 16.2. The Labute approximate surface area is 128 Å². The van der Waals surface area contributed by atoms with Crippen molar-refractivity contribution in [3.63, 3.8) is 0 Å². The number of rotatable bonds is 7. The number of hydrogen-bond donors (Lipinski definition) is 1. The maximum atomic E-state index is 13.0. The smallest absolute Gasteiger partial charge is 0.248 e. The SMILES string of the molecule is CCC(C)C1C(=O)NC(CC)(CC)C(=O)N1CCC1CC1. The molecule has 2 amide bonds. The fraction of sp³-hybridized carbons (Fsp3) is 0.882. The average molecular weight is 294 g/mol. The molecule has 2 unspecified atom stereocenters. The molecule has 2 fully saturated rings. The maximum Gasteiger partial charge on any atom is 0.248 e. The molecule has 2 rings (SSSR count). The van der Waals surface area contributed by atoms with E-state index in [2.05, 4.69) is 19.2 Å². The van der Waals surface area contributed by atoms with Crippen LogP contribution in [-0.2, 0) is 9.59 Å². The van der Waals surface area contributed by atoms with E-state index in [9.17, 15) is 9.59 Å². The Morgan fingerprint density at radius 3 is 2.33 bits per heavy atom. The first-order valence-corrected chi connectivity index (χ1v) is 8.62. The van der Waals surface area contributed by atoms with Gasteiger partial charge in [0, 0.05) is 6.54 Å². The Kier molecular flexibility index (Phi) is 4.95. The lowest BCUT2D eigenvalue weighted by molar-refractivity contribution is -0.157. The van der Waals surface area contributed by atoms with E-state index in [-0.39, 0.29) is 23.8 Å². The quantitative estimate of drug-likeness (QED) is 0.785. The summed E-state index contributed by atoms with van der Waals surface area (Å²) in [6.07, 6.45) is 5.87. The van der Waals surface area contributed by atoms with Crippen molar-refractivity contribution in [2.24, 2.45) is 11.8 Å². The lowest BCUT2D eigenvalue weighted by atomic mass is 9.84. The molecule has 4 heteroatoms. The van der Waals surface area contributed by atoms with Gasteiger partial charge in [-0.15, -0.1) is 0 Å². The number of carbonyl (C=O) groups is 2. The fourth-order valence-corrected chi connectivity index (χ4v) is 3.39. The molecule has 0 radical (unpaired) electrons. The van der Waals surface area contributed by atoms with Crippen molar-refractivity contribution < 1.29 is 9.59 Å². The zero-order valence-electron chi connectivity index (χ0n) is 13.9. The second kappa shape index (κ2) is 6.37. The van der Waals surface area contributed by atoms with E-state index in [1.165, 1.54) is 12.8 Å². The van der Waals surface area contributed by atoms with Crippen LogP contribution in [0.15, 0.2) is 0 Å². The third-order valence-electron chi connectivity index (χ3n) is 5.50. The van der Waals surface area contributed by atoms with Crippen LogP contribution in [0, 0.1) is 11.8 Å². The average Bonchev–Trinajstić information content (AvgIpc) is 3.31. The molecule has 4 nitrogen and oxygen atoms in total. The topological polar surface area (TPSA) is 49.4 Å². The number of nitrogens with one attached hydrogen (secondary N) is 1. The second-order valence-corrected chi connectivity index (χ2v) is 6.84. The van der Waals surface area contributed by atoms with Gasteiger partial charge in [0.05, 0.1) is 0 Å². The summed E-state index contributed by atoms with van der Waals surface area (Å²) in [5.74, 6) is 1.17. The third-order valence-corrected chi connectivity index (χ3v) is 5.50. The molecule has 1 N–H and O–H groups in total. The third kappa shape index (κ3) is 3.09. The number of carbonyl (C=O) groups excluding carboxylic acids is 2. The molecule has 1 heterocycles. The zero-order chi connectivity index (χ0) is 15.6. The number of piperazine rings is 1. The minimum atomic E-state index is -0.676. The van der Waals surface area contributed by atoms with E-state index in [0.717, 1.165) is 25.3 Å². The molecule has 0 aromatic heterocycles. The molecule has 0 aromatic carbocycles. The fourth-order valence-electron chi connectivity index (χ4n) is 3.39. The molecule has 1 aliphatic heterocycles. The molecule has 0 spiro atoms. The Bertz CT molecular complexity index is 400. The number of nitrogens with zero attached hydrogens (tertiary/aromatic N) is 1. The predicted octanol–water partition coefficient (Wildman–Crippen LogP) is 2.72. The predicted molar refractivity (Wildman–Crippen MR) is 83.8 cm³/mol. The van der Waals surface area contributed by atoms with Crippen LogP contribution in [0.3, 0.4) is 0 Å². The standard InChI is InChI=1S/C17H30N2O2/c1-5-12(4)14-15(20)18-17(6-2,7-3)16(21)19(14)11-10-13-8-9-13/h12-14H,5-11H2,1-4H3,(H,18,20). The summed E-state index contributed by atoms with van der Waals surface area (Å²) in [4.78, 5) is 27.6. The highest BCUT2D eigenvalue weighted by Crippen LogP contribution is 2.35. The van der Waals surface area contributed by atoms with Gasteiger partial charge in [-0.1, -0.05) is 47.0 Å². The van der Waals surface area contributed by atoms with Gasteiger partial charge in [0.15, 0.2) is 0 Å². The first-order chi connectivity index (χ1) is 9.99. The molecule has 120 valence electrons. The van der Waals surface area contributed by atoms with Gasteiger partial charge in [-0.25, -0.2) is 0 Å². The maximum absolute atomic E-state index is 13.0. The molecule has 2 atom stereocenters. The summed E-state index contributed by atoms with van der Waals surface area (Å²) in [5.41, 5.74) is -0.676. The Morgan fingerprint density at radius 2 is 1.86 bits per heavy atom. The van der Waals surface area contributed by atoms with Crippen molar-refractivity contribution >= 4 is 11.8 Å². The highest BCUT2D eigenvalue weighted by Gasteiger charge is 2.49. The van der Waals surface area contributed by atoms with Gasteiger partial charge in [-0.3, -0.25) is 9.59 Å². The van der Waals surface area contributed by atoms with E-state index in [4.69, 9.17) is 0 Å². The molecular weight excluding hydrogens is 264 g/mol. The molecule has 21 heavy (non-hydrogen) atoms. The van der Waals surface area contributed by atoms with E-state index < -0.39 is 5.54 Å². The van der Waals surface area contributed by atoms with Gasteiger partial charge < -0.3 is 10.2 Å². The molecule has 0 aromatic rings. The van der Waals surface area contributed by atoms with Crippen molar-refractivity contribution in [1.82, 2.24) is 10.2 Å². The first kappa shape index (κ1) is 16.3. The van der Waals surface area contributed by atoms with Crippen LogP contribution in [0.25, 0.3) is 0 Å². The molecule has 1 saturated heterocycles. The summed E-state index contributed by atoms with van der Waals surface area (Å²) >= 11 is 0. The van der Waals surface area contributed by atoms with Crippen LogP contribution in [0.2, 0.25) is 0 Å². The largest absolute Gasteiger partial charge is 0.340 e. The minimum Gasteiger partial charge on any atom is -0.340 e. The van der Waals surface area contributed by atoms with E-state index >= 15 is 0 Å². The van der Waals surface area contributed by atoms with Crippen molar-refractivity contribution in [2.45, 2.75) is 77.8 Å². The number of amides is 2. The summed E-state index contributed by atoms with van der Waals surface area (Å²) in [7, 11) is 0. The van der Waals surface area contributed by atoms with E-state index in [0.29, 0.717) is 12.8 Å². The molecule has 1 saturated carbocycles. The molecule has 1 aliphatic carbocycles. The summed E-state index contributed by atoms with van der Waals surface area (Å²) in [6, 6.07) is -0.285. The van der Waals surface area contributed by atoms with Crippen LogP contribution in [0.1, 0.15) is 66.2 Å². The summed E-state index contributed by atoms with van der Waals surface area (Å²) in [5, 5.41) is 3.05. The molecule has 0 bridgehead atoms. The van der Waals surface area contributed by atoms with Crippen molar-refractivity contribution in [3.05, 3.63) is 0 Å². The van der Waals surface area contributed by atoms with Gasteiger partial charge in [-0.05, 0) is 31.1 Å². The second-order valence-electron chi connectivity index (χ2n) is 6.84. The van der Waals surface area contributed by atoms with Crippen LogP contribution in [0.5, 0.6) is 0 Å². The highest BCUT2D eigenvalue weighted by molar-refractivity contribution is 6.00. The summed E-state index contributed by atoms with van der Waals surface area (Å²) < 4.78 is 0. The Morgan fingerprint density at radius 1 is 1.24 bits per heavy atom. The van der Waals surface area contributed by atoms with Crippen molar-refractivity contribution in [3.8, 4) is 0 Å². The minimum absolute atomic E-state index is 0.0449.